The first-order valence-electron chi connectivity index (χ1n) is 5.59. The monoisotopic (exact) mass is 211 g/mol. The van der Waals surface area contributed by atoms with Crippen molar-refractivity contribution in [3.63, 3.8) is 0 Å². The Bertz CT molecular complexity index is 209. The van der Waals surface area contributed by atoms with Crippen molar-refractivity contribution in [2.45, 2.75) is 46.2 Å². The van der Waals surface area contributed by atoms with Crippen LogP contribution in [0.15, 0.2) is 17.3 Å². The van der Waals surface area contributed by atoms with E-state index in [4.69, 9.17) is 0 Å². The first kappa shape index (κ1) is 14.2. The minimum atomic E-state index is 0.390. The van der Waals surface area contributed by atoms with Crippen LogP contribution in [-0.2, 0) is 0 Å². The Labute approximate surface area is 94.2 Å². The molecule has 15 heavy (non-hydrogen) atoms. The van der Waals surface area contributed by atoms with Gasteiger partial charge in [-0.05, 0) is 34.1 Å². The van der Waals surface area contributed by atoms with Gasteiger partial charge in [-0.3, -0.25) is 5.01 Å². The van der Waals surface area contributed by atoms with E-state index in [1.807, 2.05) is 25.2 Å². The van der Waals surface area contributed by atoms with Crippen molar-refractivity contribution in [2.75, 3.05) is 13.6 Å². The fraction of sp³-hybridized carbons (Fsp3) is 0.750. The fourth-order valence-corrected chi connectivity index (χ4v) is 0.858. The molecule has 88 valence electrons. The third-order valence-corrected chi connectivity index (χ3v) is 2.47. The molecule has 0 radical (unpaired) electrons. The Morgan fingerprint density at radius 2 is 2.07 bits per heavy atom. The van der Waals surface area contributed by atoms with E-state index in [-0.39, 0.29) is 0 Å². The quantitative estimate of drug-likeness (QED) is 0.303. The zero-order valence-corrected chi connectivity index (χ0v) is 10.7. The van der Waals surface area contributed by atoms with Crippen LogP contribution >= 0.6 is 0 Å². The SMILES string of the molecule is C=C(C)[C@H](C)NCC/C=N\N(C)C(C)C. The van der Waals surface area contributed by atoms with Crippen LogP contribution in [0.2, 0.25) is 0 Å². The third kappa shape index (κ3) is 7.14. The maximum Gasteiger partial charge on any atom is 0.0410 e. The number of hydrogen-bond acceptors (Lipinski definition) is 3. The zero-order valence-electron chi connectivity index (χ0n) is 10.7. The van der Waals surface area contributed by atoms with E-state index in [1.54, 1.807) is 0 Å². The molecule has 3 heteroatoms. The predicted octanol–water partition coefficient (Wildman–Crippen LogP) is 2.26. The molecule has 0 aromatic rings. The number of rotatable bonds is 7. The minimum Gasteiger partial charge on any atom is -0.310 e. The average Bonchev–Trinajstić information content (AvgIpc) is 2.16. The lowest BCUT2D eigenvalue weighted by atomic mass is 10.2. The summed E-state index contributed by atoms with van der Waals surface area (Å²) in [5.41, 5.74) is 1.17. The highest BCUT2D eigenvalue weighted by Gasteiger charge is 1.99. The van der Waals surface area contributed by atoms with E-state index < -0.39 is 0 Å². The smallest absolute Gasteiger partial charge is 0.0410 e. The largest absolute Gasteiger partial charge is 0.310 e. The van der Waals surface area contributed by atoms with Crippen LogP contribution in [-0.4, -0.2) is 36.9 Å². The van der Waals surface area contributed by atoms with E-state index in [2.05, 4.69) is 37.8 Å². The average molecular weight is 211 g/mol. The standard InChI is InChI=1S/C12H25N3/c1-10(2)12(5)13-8-7-9-14-15(6)11(3)4/h9,11-13H,1,7-8H2,2-6H3/b14-9-/t12-/m0/s1. The Balaban J connectivity index is 3.58. The second kappa shape index (κ2) is 7.46. The van der Waals surface area contributed by atoms with Crippen molar-refractivity contribution >= 4 is 6.21 Å². The van der Waals surface area contributed by atoms with Crippen LogP contribution in [0.5, 0.6) is 0 Å². The number of nitrogens with zero attached hydrogens (tertiary/aromatic N) is 2. The Kier molecular flexibility index (Phi) is 7.05. The van der Waals surface area contributed by atoms with Gasteiger partial charge >= 0.3 is 0 Å². The number of nitrogens with one attached hydrogen (secondary N) is 1. The topological polar surface area (TPSA) is 27.6 Å². The minimum absolute atomic E-state index is 0.390. The van der Waals surface area contributed by atoms with Gasteiger partial charge in [0.2, 0.25) is 0 Å². The van der Waals surface area contributed by atoms with Gasteiger partial charge < -0.3 is 5.32 Å². The van der Waals surface area contributed by atoms with Gasteiger partial charge in [-0.1, -0.05) is 12.2 Å². The molecule has 0 saturated heterocycles. The maximum absolute atomic E-state index is 4.31. The van der Waals surface area contributed by atoms with Crippen LogP contribution < -0.4 is 5.32 Å². The van der Waals surface area contributed by atoms with E-state index in [0.717, 1.165) is 13.0 Å². The molecule has 0 saturated carbocycles. The van der Waals surface area contributed by atoms with Crippen molar-refractivity contribution in [3.05, 3.63) is 12.2 Å². The molecule has 0 aliphatic carbocycles. The van der Waals surface area contributed by atoms with Crippen LogP contribution in [0.1, 0.15) is 34.1 Å². The first-order valence-corrected chi connectivity index (χ1v) is 5.59. The second-order valence-corrected chi connectivity index (χ2v) is 4.28. The molecule has 0 fully saturated rings. The lowest BCUT2D eigenvalue weighted by Gasteiger charge is -2.17. The molecule has 3 nitrogen and oxygen atoms in total. The summed E-state index contributed by atoms with van der Waals surface area (Å²) < 4.78 is 0. The molecule has 1 atom stereocenters. The highest BCUT2D eigenvalue weighted by molar-refractivity contribution is 5.56. The van der Waals surface area contributed by atoms with Crippen molar-refractivity contribution < 1.29 is 0 Å². The molecular formula is C12H25N3. The summed E-state index contributed by atoms with van der Waals surface area (Å²) in [5.74, 6) is 0. The van der Waals surface area contributed by atoms with Crippen LogP contribution in [0, 0.1) is 0 Å². The second-order valence-electron chi connectivity index (χ2n) is 4.28. The molecule has 0 unspecified atom stereocenters. The van der Waals surface area contributed by atoms with Gasteiger partial charge in [0.15, 0.2) is 0 Å². The van der Waals surface area contributed by atoms with Crippen LogP contribution in [0.4, 0.5) is 0 Å². The van der Waals surface area contributed by atoms with E-state index in [1.165, 1.54) is 5.57 Å². The van der Waals surface area contributed by atoms with Crippen LogP contribution in [0.25, 0.3) is 0 Å². The highest BCUT2D eigenvalue weighted by atomic mass is 15.4. The fourth-order valence-electron chi connectivity index (χ4n) is 0.858. The third-order valence-electron chi connectivity index (χ3n) is 2.47. The van der Waals surface area contributed by atoms with Gasteiger partial charge in [0.05, 0.1) is 0 Å². The van der Waals surface area contributed by atoms with E-state index in [9.17, 15) is 0 Å². The van der Waals surface area contributed by atoms with Gasteiger partial charge in [-0.25, -0.2) is 0 Å². The summed E-state index contributed by atoms with van der Waals surface area (Å²) in [6.07, 6.45) is 2.91. The number of hydrazone groups is 1. The first-order chi connectivity index (χ1) is 6.95. The normalized spacial score (nSPS) is 13.5. The lowest BCUT2D eigenvalue weighted by Crippen LogP contribution is -2.28. The van der Waals surface area contributed by atoms with Crippen molar-refractivity contribution in [1.29, 1.82) is 0 Å². The summed E-state index contributed by atoms with van der Waals surface area (Å²) in [4.78, 5) is 0. The molecule has 0 amide bonds. The summed E-state index contributed by atoms with van der Waals surface area (Å²) in [6, 6.07) is 0.852. The summed E-state index contributed by atoms with van der Waals surface area (Å²) in [7, 11) is 1.99. The van der Waals surface area contributed by atoms with Gasteiger partial charge in [0, 0.05) is 31.9 Å². The maximum atomic E-state index is 4.31. The Hall–Kier alpha value is -0.830. The van der Waals surface area contributed by atoms with Crippen molar-refractivity contribution in [2.24, 2.45) is 5.10 Å². The highest BCUT2D eigenvalue weighted by Crippen LogP contribution is 1.95. The summed E-state index contributed by atoms with van der Waals surface area (Å²) in [6.45, 7) is 13.3. The van der Waals surface area contributed by atoms with Gasteiger partial charge in [-0.2, -0.15) is 5.10 Å². The predicted molar refractivity (Wildman–Crippen MR) is 68.3 cm³/mol. The molecule has 0 heterocycles. The molecule has 0 aromatic heterocycles. The lowest BCUT2D eigenvalue weighted by molar-refractivity contribution is 0.289. The molecule has 0 rings (SSSR count). The molecule has 0 bridgehead atoms. The number of hydrogen-bond donors (Lipinski definition) is 1. The molecular weight excluding hydrogens is 186 g/mol. The molecule has 0 aliphatic heterocycles. The Morgan fingerprint density at radius 1 is 1.47 bits per heavy atom. The zero-order chi connectivity index (χ0) is 11.8. The summed E-state index contributed by atoms with van der Waals surface area (Å²) >= 11 is 0. The molecule has 0 aromatic carbocycles. The molecule has 0 aliphatic rings. The van der Waals surface area contributed by atoms with Crippen molar-refractivity contribution in [1.82, 2.24) is 10.3 Å². The van der Waals surface area contributed by atoms with Gasteiger partial charge in [-0.15, -0.1) is 0 Å². The Morgan fingerprint density at radius 3 is 2.53 bits per heavy atom. The summed E-state index contributed by atoms with van der Waals surface area (Å²) in [5, 5.41) is 9.65. The van der Waals surface area contributed by atoms with Crippen LogP contribution in [0.3, 0.4) is 0 Å². The van der Waals surface area contributed by atoms with Gasteiger partial charge in [0.25, 0.3) is 0 Å². The molecule has 1 N–H and O–H groups in total. The van der Waals surface area contributed by atoms with Crippen molar-refractivity contribution in [3.8, 4) is 0 Å². The molecule has 0 spiro atoms. The van der Waals surface area contributed by atoms with E-state index >= 15 is 0 Å². The van der Waals surface area contributed by atoms with Gasteiger partial charge in [0.1, 0.15) is 0 Å². The van der Waals surface area contributed by atoms with E-state index in [0.29, 0.717) is 12.1 Å².